The van der Waals surface area contributed by atoms with Crippen LogP contribution in [-0.4, -0.2) is 29.1 Å². The minimum absolute atomic E-state index is 0.0401. The van der Waals surface area contributed by atoms with E-state index in [9.17, 15) is 9.59 Å². The van der Waals surface area contributed by atoms with Crippen molar-refractivity contribution in [1.82, 2.24) is 29.1 Å². The third-order valence-corrected chi connectivity index (χ3v) is 7.13. The Bertz CT molecular complexity index is 1620. The minimum Gasteiger partial charge on any atom is -0.309 e. The molecule has 1 unspecified atom stereocenters. The van der Waals surface area contributed by atoms with Crippen molar-refractivity contribution in [3.8, 4) is 0 Å². The first-order chi connectivity index (χ1) is 16.4. The van der Waals surface area contributed by atoms with Crippen molar-refractivity contribution in [2.24, 2.45) is 5.92 Å². The molecular formula is C25H26N6O2S. The van der Waals surface area contributed by atoms with E-state index in [1.807, 2.05) is 53.8 Å². The lowest BCUT2D eigenvalue weighted by molar-refractivity contribution is 0.512. The van der Waals surface area contributed by atoms with Gasteiger partial charge in [-0.3, -0.25) is 18.6 Å². The van der Waals surface area contributed by atoms with E-state index in [-0.39, 0.29) is 16.4 Å². The quantitative estimate of drug-likeness (QED) is 0.377. The highest BCUT2D eigenvalue weighted by Gasteiger charge is 2.18. The second-order valence-electron chi connectivity index (χ2n) is 8.83. The van der Waals surface area contributed by atoms with Crippen LogP contribution in [0.1, 0.15) is 44.1 Å². The van der Waals surface area contributed by atoms with Crippen LogP contribution >= 0.6 is 11.8 Å². The highest BCUT2D eigenvalue weighted by Crippen LogP contribution is 2.29. The smallest absolute Gasteiger partial charge is 0.262 e. The summed E-state index contributed by atoms with van der Waals surface area (Å²) in [5.74, 6) is 2.95. The van der Waals surface area contributed by atoms with Crippen molar-refractivity contribution in [2.45, 2.75) is 44.7 Å². The van der Waals surface area contributed by atoms with Crippen LogP contribution in [0.2, 0.25) is 0 Å². The largest absolute Gasteiger partial charge is 0.309 e. The summed E-state index contributed by atoms with van der Waals surface area (Å²) in [5.41, 5.74) is 1.30. The molecule has 0 bridgehead atoms. The molecule has 5 rings (SSSR count). The fourth-order valence-electron chi connectivity index (χ4n) is 4.07. The van der Waals surface area contributed by atoms with Gasteiger partial charge in [-0.25, -0.2) is 4.98 Å². The van der Waals surface area contributed by atoms with Gasteiger partial charge in [0, 0.05) is 6.54 Å². The summed E-state index contributed by atoms with van der Waals surface area (Å²) in [6, 6.07) is 14.9. The normalized spacial score (nSPS) is 12.8. The predicted molar refractivity (Wildman–Crippen MR) is 136 cm³/mol. The molecule has 1 N–H and O–H groups in total. The molecule has 5 aromatic rings. The van der Waals surface area contributed by atoms with Gasteiger partial charge < -0.3 is 4.98 Å². The zero-order valence-electron chi connectivity index (χ0n) is 19.4. The van der Waals surface area contributed by atoms with Gasteiger partial charge in [0.1, 0.15) is 11.6 Å². The van der Waals surface area contributed by atoms with Crippen molar-refractivity contribution < 1.29 is 0 Å². The molecule has 3 aromatic heterocycles. The Morgan fingerprint density at radius 2 is 1.71 bits per heavy atom. The lowest BCUT2D eigenvalue weighted by atomic mass is 10.1. The Balaban J connectivity index is 1.51. The second-order valence-corrected chi connectivity index (χ2v) is 10.2. The Morgan fingerprint density at radius 1 is 0.971 bits per heavy atom. The van der Waals surface area contributed by atoms with E-state index in [0.29, 0.717) is 46.1 Å². The number of hydrogen-bond acceptors (Lipinski definition) is 6. The number of thioether (sulfide) groups is 1. The van der Waals surface area contributed by atoms with Gasteiger partial charge in [0.25, 0.3) is 11.1 Å². The topological polar surface area (TPSA) is 97.9 Å². The average Bonchev–Trinajstić information content (AvgIpc) is 3.26. The van der Waals surface area contributed by atoms with Crippen LogP contribution in [0.15, 0.2) is 58.1 Å². The van der Waals surface area contributed by atoms with Crippen LogP contribution in [0.5, 0.6) is 0 Å². The van der Waals surface area contributed by atoms with Crippen LogP contribution in [0.25, 0.3) is 27.6 Å². The highest BCUT2D eigenvalue weighted by atomic mass is 32.2. The molecule has 9 heteroatoms. The van der Waals surface area contributed by atoms with Gasteiger partial charge in [0.05, 0.1) is 32.8 Å². The van der Waals surface area contributed by atoms with E-state index in [2.05, 4.69) is 34.0 Å². The number of fused-ring (bicyclic) bond motifs is 4. The molecule has 0 aliphatic rings. The Labute approximate surface area is 200 Å². The summed E-state index contributed by atoms with van der Waals surface area (Å²) >= 11 is 1.61. The standard InChI is InChI=1S/C25H26N6O2S/c1-15(2)12-13-30-24(33)18-9-5-7-11-20(18)31-21(28-29-25(30)31)14-34-16(3)22-26-19-10-6-4-8-17(19)23(32)27-22/h4-11,15-16H,12-14H2,1-3H3,(H,26,27,32). The summed E-state index contributed by atoms with van der Waals surface area (Å²) in [6.07, 6.45) is 0.878. The average molecular weight is 475 g/mol. The van der Waals surface area contributed by atoms with Crippen molar-refractivity contribution in [2.75, 3.05) is 0 Å². The van der Waals surface area contributed by atoms with Crippen LogP contribution in [0.4, 0.5) is 0 Å². The summed E-state index contributed by atoms with van der Waals surface area (Å²) < 4.78 is 3.71. The molecule has 1 atom stereocenters. The lowest BCUT2D eigenvalue weighted by Crippen LogP contribution is -2.24. The van der Waals surface area contributed by atoms with Crippen LogP contribution in [0.3, 0.4) is 0 Å². The Kier molecular flexibility index (Phi) is 5.95. The number of H-pyrrole nitrogens is 1. The second kappa shape index (κ2) is 9.06. The summed E-state index contributed by atoms with van der Waals surface area (Å²) in [4.78, 5) is 33.2. The molecule has 0 saturated carbocycles. The van der Waals surface area contributed by atoms with Crippen molar-refractivity contribution in [3.05, 3.63) is 80.9 Å². The summed E-state index contributed by atoms with van der Waals surface area (Å²) in [7, 11) is 0. The van der Waals surface area contributed by atoms with Gasteiger partial charge in [-0.1, -0.05) is 38.1 Å². The molecule has 174 valence electrons. The molecule has 3 heterocycles. The zero-order chi connectivity index (χ0) is 23.8. The predicted octanol–water partition coefficient (Wildman–Crippen LogP) is 4.32. The SMILES string of the molecule is CC(C)CCn1c(=O)c2ccccc2n2c(CSC(C)c3nc4ccccc4c(=O)[nH]3)nnc12. The van der Waals surface area contributed by atoms with Gasteiger partial charge in [-0.2, -0.15) is 0 Å². The third kappa shape index (κ3) is 4.00. The maximum atomic E-state index is 13.2. The fourth-order valence-corrected chi connectivity index (χ4v) is 4.93. The molecular weight excluding hydrogens is 448 g/mol. The van der Waals surface area contributed by atoms with E-state index >= 15 is 0 Å². The number of nitrogens with one attached hydrogen (secondary N) is 1. The number of aromatic amines is 1. The molecule has 0 saturated heterocycles. The van der Waals surface area contributed by atoms with Crippen LogP contribution in [0, 0.1) is 5.92 Å². The number of aromatic nitrogens is 6. The van der Waals surface area contributed by atoms with Gasteiger partial charge >= 0.3 is 0 Å². The first-order valence-corrected chi connectivity index (χ1v) is 12.4. The van der Waals surface area contributed by atoms with Crippen molar-refractivity contribution in [1.29, 1.82) is 0 Å². The zero-order valence-corrected chi connectivity index (χ0v) is 20.2. The summed E-state index contributed by atoms with van der Waals surface area (Å²) in [6.45, 7) is 6.88. The molecule has 2 aromatic carbocycles. The number of nitrogens with zero attached hydrogens (tertiary/aromatic N) is 5. The van der Waals surface area contributed by atoms with Crippen molar-refractivity contribution >= 4 is 39.3 Å². The molecule has 0 spiro atoms. The molecule has 8 nitrogen and oxygen atoms in total. The Hall–Kier alpha value is -3.46. The monoisotopic (exact) mass is 474 g/mol. The fraction of sp³-hybridized carbons (Fsp3) is 0.320. The first kappa shape index (κ1) is 22.3. The molecule has 0 aliphatic carbocycles. The van der Waals surface area contributed by atoms with Crippen molar-refractivity contribution in [3.63, 3.8) is 0 Å². The van der Waals surface area contributed by atoms with Gasteiger partial charge in [0.2, 0.25) is 5.78 Å². The number of para-hydroxylation sites is 2. The van der Waals surface area contributed by atoms with E-state index < -0.39 is 0 Å². The molecule has 0 aliphatic heterocycles. The third-order valence-electron chi connectivity index (χ3n) is 5.98. The van der Waals surface area contributed by atoms with E-state index in [1.165, 1.54) is 0 Å². The molecule has 0 radical (unpaired) electrons. The number of benzene rings is 2. The maximum Gasteiger partial charge on any atom is 0.262 e. The highest BCUT2D eigenvalue weighted by molar-refractivity contribution is 7.98. The summed E-state index contributed by atoms with van der Waals surface area (Å²) in [5, 5.41) is 10.0. The number of hydrogen-bond donors (Lipinski definition) is 1. The lowest BCUT2D eigenvalue weighted by Gasteiger charge is -2.13. The van der Waals surface area contributed by atoms with Gasteiger partial charge in [-0.05, 0) is 43.5 Å². The Morgan fingerprint density at radius 3 is 2.50 bits per heavy atom. The molecule has 34 heavy (non-hydrogen) atoms. The number of rotatable bonds is 7. The molecule has 0 fully saturated rings. The van der Waals surface area contributed by atoms with Crippen LogP contribution < -0.4 is 11.1 Å². The number of aryl methyl sites for hydroxylation is 1. The van der Waals surface area contributed by atoms with E-state index in [1.54, 1.807) is 22.4 Å². The van der Waals surface area contributed by atoms with E-state index in [4.69, 9.17) is 0 Å². The van der Waals surface area contributed by atoms with E-state index in [0.717, 1.165) is 17.8 Å². The maximum absolute atomic E-state index is 13.2. The van der Waals surface area contributed by atoms with Crippen LogP contribution in [-0.2, 0) is 12.3 Å². The van der Waals surface area contributed by atoms with Gasteiger partial charge in [0.15, 0.2) is 0 Å². The van der Waals surface area contributed by atoms with Gasteiger partial charge in [-0.15, -0.1) is 22.0 Å². The minimum atomic E-state index is -0.138. The first-order valence-electron chi connectivity index (χ1n) is 11.4. The molecule has 0 amide bonds.